The minimum atomic E-state index is 1.21. The Kier molecular flexibility index (Phi) is 40.8. The second-order valence-corrected chi connectivity index (χ2v) is 13.8. The van der Waals surface area contributed by atoms with E-state index >= 15 is 0 Å². The third kappa shape index (κ3) is 39.9. The molecule has 0 aliphatic heterocycles. The Morgan fingerprint density at radius 2 is 0.333 bits per heavy atom. The van der Waals surface area contributed by atoms with Gasteiger partial charge in [0.1, 0.15) is 0 Å². The first kappa shape index (κ1) is 41.9. The largest absolute Gasteiger partial charge is 0.317 e. The van der Waals surface area contributed by atoms with Crippen LogP contribution in [0, 0.1) is 0 Å². The maximum absolute atomic E-state index is 3.67. The van der Waals surface area contributed by atoms with Gasteiger partial charge in [-0.1, -0.05) is 206 Å². The van der Waals surface area contributed by atoms with Crippen molar-refractivity contribution in [3.63, 3.8) is 0 Å². The number of hydrogen-bond donors (Lipinski definition) is 2. The topological polar surface area (TPSA) is 24.1 Å². The van der Waals surface area contributed by atoms with E-state index < -0.39 is 0 Å². The van der Waals surface area contributed by atoms with Gasteiger partial charge in [0, 0.05) is 0 Å². The average molecular weight is 593 g/mol. The first-order valence-electron chi connectivity index (χ1n) is 20.3. The molecule has 0 unspecified atom stereocenters. The molecule has 0 aromatic heterocycles. The van der Waals surface area contributed by atoms with Gasteiger partial charge in [-0.25, -0.2) is 0 Å². The molecule has 0 amide bonds. The third-order valence-electron chi connectivity index (χ3n) is 9.37. The second-order valence-electron chi connectivity index (χ2n) is 13.8. The van der Waals surface area contributed by atoms with E-state index in [0.717, 1.165) is 0 Å². The highest BCUT2D eigenvalue weighted by Crippen LogP contribution is 2.15. The van der Waals surface area contributed by atoms with Gasteiger partial charge in [0.2, 0.25) is 0 Å². The summed E-state index contributed by atoms with van der Waals surface area (Å²) in [5.41, 5.74) is 0. The van der Waals surface area contributed by atoms with Crippen molar-refractivity contribution in [3.05, 3.63) is 0 Å². The molecule has 0 bridgehead atoms. The lowest BCUT2D eigenvalue weighted by molar-refractivity contribution is 0.517. The van der Waals surface area contributed by atoms with Crippen molar-refractivity contribution >= 4 is 0 Å². The molecule has 2 N–H and O–H groups in total. The van der Waals surface area contributed by atoms with Gasteiger partial charge in [-0.15, -0.1) is 0 Å². The van der Waals surface area contributed by atoms with Gasteiger partial charge in [-0.3, -0.25) is 0 Å². The molecule has 2 heteroatoms. The fourth-order valence-electron chi connectivity index (χ4n) is 6.35. The second kappa shape index (κ2) is 40.9. The predicted octanol–water partition coefficient (Wildman–Crippen LogP) is 13.5. The Bertz CT molecular complexity index is 397. The highest BCUT2D eigenvalue weighted by Gasteiger charge is 1.97. The summed E-state index contributed by atoms with van der Waals surface area (Å²) >= 11 is 0. The zero-order valence-corrected chi connectivity index (χ0v) is 29.9. The lowest BCUT2D eigenvalue weighted by Crippen LogP contribution is -2.20. The fraction of sp³-hybridized carbons (Fsp3) is 1.00. The zero-order chi connectivity index (χ0) is 30.3. The van der Waals surface area contributed by atoms with Crippen LogP contribution >= 0.6 is 0 Å². The van der Waals surface area contributed by atoms with E-state index in [1.54, 1.807) is 0 Å². The normalized spacial score (nSPS) is 11.6. The van der Waals surface area contributed by atoms with Crippen molar-refractivity contribution in [2.75, 3.05) is 26.2 Å². The van der Waals surface area contributed by atoms with Crippen LogP contribution in [0.4, 0.5) is 0 Å². The van der Waals surface area contributed by atoms with Crippen LogP contribution < -0.4 is 10.6 Å². The molecule has 0 heterocycles. The van der Waals surface area contributed by atoms with Gasteiger partial charge in [0.25, 0.3) is 0 Å². The van der Waals surface area contributed by atoms with E-state index in [-0.39, 0.29) is 0 Å². The van der Waals surface area contributed by atoms with Crippen molar-refractivity contribution in [2.24, 2.45) is 0 Å². The fourth-order valence-corrected chi connectivity index (χ4v) is 6.35. The van der Waals surface area contributed by atoms with E-state index in [1.807, 2.05) is 0 Å². The van der Waals surface area contributed by atoms with E-state index in [2.05, 4.69) is 24.5 Å². The van der Waals surface area contributed by atoms with Crippen molar-refractivity contribution in [3.8, 4) is 0 Å². The summed E-state index contributed by atoms with van der Waals surface area (Å²) in [5.74, 6) is 0. The molecule has 0 radical (unpaired) electrons. The van der Waals surface area contributed by atoms with Gasteiger partial charge >= 0.3 is 0 Å². The van der Waals surface area contributed by atoms with Crippen LogP contribution in [0.15, 0.2) is 0 Å². The lowest BCUT2D eigenvalue weighted by atomic mass is 10.0. The zero-order valence-electron chi connectivity index (χ0n) is 29.9. The molecule has 0 aliphatic carbocycles. The minimum absolute atomic E-state index is 1.21. The van der Waals surface area contributed by atoms with Gasteiger partial charge in [-0.2, -0.15) is 0 Å². The molecule has 0 fully saturated rings. The summed E-state index contributed by atoms with van der Waals surface area (Å²) in [4.78, 5) is 0. The summed E-state index contributed by atoms with van der Waals surface area (Å²) in [6, 6.07) is 0. The Labute approximate surface area is 268 Å². The first-order chi connectivity index (χ1) is 20.9. The maximum Gasteiger partial charge on any atom is -0.00484 e. The standard InChI is InChI=1S/C40H84N2/c1-3-5-7-9-11-13-15-17-19-21-23-25-27-29-31-33-37-41-39-35-36-40-42-38-34-32-30-28-26-24-22-20-18-16-14-12-10-8-6-4-2/h41-42H,3-40H2,1-2H3. The van der Waals surface area contributed by atoms with Crippen LogP contribution in [0.2, 0.25) is 0 Å². The average Bonchev–Trinajstić information content (AvgIpc) is 3.00. The van der Waals surface area contributed by atoms with Gasteiger partial charge < -0.3 is 10.6 Å². The van der Waals surface area contributed by atoms with E-state index in [4.69, 9.17) is 0 Å². The number of rotatable bonds is 39. The molecule has 0 atom stereocenters. The quantitative estimate of drug-likeness (QED) is 0.0694. The smallest absolute Gasteiger partial charge is 0.00484 e. The van der Waals surface area contributed by atoms with Gasteiger partial charge in [-0.05, 0) is 51.9 Å². The van der Waals surface area contributed by atoms with E-state index in [1.165, 1.54) is 244 Å². The Balaban J connectivity index is 3.02. The monoisotopic (exact) mass is 593 g/mol. The molecule has 0 rings (SSSR count). The molecule has 0 aromatic rings. The van der Waals surface area contributed by atoms with Crippen molar-refractivity contribution in [2.45, 2.75) is 232 Å². The summed E-state index contributed by atoms with van der Waals surface area (Å²) in [6.07, 6.45) is 49.2. The summed E-state index contributed by atoms with van der Waals surface area (Å²) in [7, 11) is 0. The van der Waals surface area contributed by atoms with Gasteiger partial charge in [0.05, 0.1) is 0 Å². The number of nitrogens with one attached hydrogen (secondary N) is 2. The molecule has 0 aromatic carbocycles. The van der Waals surface area contributed by atoms with Crippen LogP contribution in [-0.2, 0) is 0 Å². The van der Waals surface area contributed by atoms with E-state index in [9.17, 15) is 0 Å². The summed E-state index contributed by atoms with van der Waals surface area (Å²) in [6.45, 7) is 9.48. The number of hydrogen-bond acceptors (Lipinski definition) is 2. The third-order valence-corrected chi connectivity index (χ3v) is 9.37. The van der Waals surface area contributed by atoms with Crippen molar-refractivity contribution < 1.29 is 0 Å². The Morgan fingerprint density at radius 1 is 0.190 bits per heavy atom. The molecule has 0 saturated heterocycles. The van der Waals surface area contributed by atoms with Crippen LogP contribution in [0.25, 0.3) is 0 Å². The molecule has 2 nitrogen and oxygen atoms in total. The lowest BCUT2D eigenvalue weighted by Gasteiger charge is -2.07. The number of unbranched alkanes of at least 4 members (excludes halogenated alkanes) is 31. The van der Waals surface area contributed by atoms with Crippen molar-refractivity contribution in [1.29, 1.82) is 0 Å². The molecule has 42 heavy (non-hydrogen) atoms. The maximum atomic E-state index is 3.67. The molecule has 0 saturated carbocycles. The van der Waals surface area contributed by atoms with E-state index in [0.29, 0.717) is 0 Å². The molecular formula is C40H84N2. The van der Waals surface area contributed by atoms with Gasteiger partial charge in [0.15, 0.2) is 0 Å². The van der Waals surface area contributed by atoms with Crippen molar-refractivity contribution in [1.82, 2.24) is 10.6 Å². The van der Waals surface area contributed by atoms with Crippen LogP contribution in [-0.4, -0.2) is 26.2 Å². The SMILES string of the molecule is CCCCCCCCCCCCCCCCCCNCCCCNCCCCCCCCCCCCCCCCCC. The summed E-state index contributed by atoms with van der Waals surface area (Å²) in [5, 5.41) is 7.34. The summed E-state index contributed by atoms with van der Waals surface area (Å²) < 4.78 is 0. The van der Waals surface area contributed by atoms with Crippen LogP contribution in [0.1, 0.15) is 232 Å². The molecule has 0 spiro atoms. The van der Waals surface area contributed by atoms with Crippen LogP contribution in [0.5, 0.6) is 0 Å². The highest BCUT2D eigenvalue weighted by molar-refractivity contribution is 4.55. The Hall–Kier alpha value is -0.0800. The first-order valence-corrected chi connectivity index (χ1v) is 20.3. The minimum Gasteiger partial charge on any atom is -0.317 e. The Morgan fingerprint density at radius 3 is 0.524 bits per heavy atom. The predicted molar refractivity (Wildman–Crippen MR) is 194 cm³/mol. The molecular weight excluding hydrogens is 508 g/mol. The molecule has 254 valence electrons. The molecule has 0 aliphatic rings. The highest BCUT2D eigenvalue weighted by atomic mass is 14.9. The van der Waals surface area contributed by atoms with Crippen LogP contribution in [0.3, 0.4) is 0 Å².